The molecule has 0 radical (unpaired) electrons. The van der Waals surface area contributed by atoms with Crippen molar-refractivity contribution < 1.29 is 14.3 Å². The fraction of sp³-hybridized carbons (Fsp3) is 0.353. The number of thioether (sulfide) groups is 1. The summed E-state index contributed by atoms with van der Waals surface area (Å²) in [6.45, 7) is 12.8. The predicted octanol–water partition coefficient (Wildman–Crippen LogP) is 7.20. The summed E-state index contributed by atoms with van der Waals surface area (Å²) in [7, 11) is 2.17. The van der Waals surface area contributed by atoms with E-state index in [2.05, 4.69) is 49.8 Å². The summed E-state index contributed by atoms with van der Waals surface area (Å²) in [6.07, 6.45) is 2.86. The van der Waals surface area contributed by atoms with Crippen LogP contribution in [0.3, 0.4) is 0 Å². The zero-order valence-corrected chi connectivity index (χ0v) is 26.5. The minimum Gasteiger partial charge on any atom is -0.494 e. The molecular formula is C34H39N3O3S2. The molecule has 5 rings (SSSR count). The van der Waals surface area contributed by atoms with Crippen molar-refractivity contribution in [3.05, 3.63) is 88.8 Å². The summed E-state index contributed by atoms with van der Waals surface area (Å²) in [5.74, 6) is 2.21. The number of rotatable bonds is 9. The topological polar surface area (TPSA) is 45.2 Å². The highest BCUT2D eigenvalue weighted by Crippen LogP contribution is 2.37. The molecule has 0 aliphatic carbocycles. The zero-order chi connectivity index (χ0) is 29.7. The Morgan fingerprint density at radius 2 is 1.45 bits per heavy atom. The van der Waals surface area contributed by atoms with Gasteiger partial charge in [0.15, 0.2) is 4.32 Å². The van der Waals surface area contributed by atoms with Gasteiger partial charge in [-0.3, -0.25) is 9.69 Å². The van der Waals surface area contributed by atoms with Crippen LogP contribution in [0.4, 0.5) is 5.69 Å². The number of nitrogens with zero attached hydrogens (tertiary/aromatic N) is 3. The summed E-state index contributed by atoms with van der Waals surface area (Å²) in [6, 6.07) is 23.5. The first kappa shape index (κ1) is 30.3. The van der Waals surface area contributed by atoms with Crippen LogP contribution in [0.25, 0.3) is 6.08 Å². The van der Waals surface area contributed by atoms with Crippen LogP contribution in [0.2, 0.25) is 0 Å². The van der Waals surface area contributed by atoms with E-state index in [1.807, 2.05) is 66.7 Å². The van der Waals surface area contributed by atoms with E-state index in [0.29, 0.717) is 15.8 Å². The third-order valence-corrected chi connectivity index (χ3v) is 8.81. The molecule has 2 aliphatic rings. The monoisotopic (exact) mass is 601 g/mol. The molecule has 0 bridgehead atoms. The Labute approximate surface area is 259 Å². The van der Waals surface area contributed by atoms with Crippen molar-refractivity contribution in [3.63, 3.8) is 0 Å². The third-order valence-electron chi connectivity index (χ3n) is 7.51. The molecule has 2 heterocycles. The van der Waals surface area contributed by atoms with Gasteiger partial charge in [-0.05, 0) is 84.6 Å². The van der Waals surface area contributed by atoms with E-state index in [-0.39, 0.29) is 11.3 Å². The Hall–Kier alpha value is -3.17. The molecule has 1 amide bonds. The average molecular weight is 602 g/mol. The van der Waals surface area contributed by atoms with E-state index in [9.17, 15) is 4.79 Å². The standard InChI is InChI=1S/C34H39N3O3S2/c1-34(2,3)26-8-14-30(15-9-26)40-29-12-6-25(7-13-29)24-31-32(38)37(33(41)42-31)27-10-16-28(17-11-27)39-23-5-18-36-21-19-35(4)20-22-36/h6-17,24H,5,18-23H2,1-4H3/b31-24-. The molecule has 0 spiro atoms. The maximum absolute atomic E-state index is 13.3. The second-order valence-electron chi connectivity index (χ2n) is 11.8. The molecule has 42 heavy (non-hydrogen) atoms. The Morgan fingerprint density at radius 1 is 0.857 bits per heavy atom. The number of ether oxygens (including phenoxy) is 2. The predicted molar refractivity (Wildman–Crippen MR) is 178 cm³/mol. The van der Waals surface area contributed by atoms with Gasteiger partial charge in [-0.15, -0.1) is 0 Å². The summed E-state index contributed by atoms with van der Waals surface area (Å²) >= 11 is 6.89. The van der Waals surface area contributed by atoms with Gasteiger partial charge in [0.05, 0.1) is 17.2 Å². The summed E-state index contributed by atoms with van der Waals surface area (Å²) in [5.41, 5.74) is 3.01. The normalized spacial score (nSPS) is 17.7. The fourth-order valence-corrected chi connectivity index (χ4v) is 6.17. The smallest absolute Gasteiger partial charge is 0.270 e. The van der Waals surface area contributed by atoms with E-state index in [0.717, 1.165) is 67.6 Å². The molecule has 6 nitrogen and oxygen atoms in total. The van der Waals surface area contributed by atoms with Crippen molar-refractivity contribution in [1.82, 2.24) is 9.80 Å². The van der Waals surface area contributed by atoms with Crippen LogP contribution in [-0.2, 0) is 10.2 Å². The van der Waals surface area contributed by atoms with Crippen LogP contribution < -0.4 is 14.4 Å². The Morgan fingerprint density at radius 3 is 2.07 bits per heavy atom. The summed E-state index contributed by atoms with van der Waals surface area (Å²) < 4.78 is 12.5. The molecular weight excluding hydrogens is 563 g/mol. The van der Waals surface area contributed by atoms with Crippen molar-refractivity contribution in [2.24, 2.45) is 0 Å². The van der Waals surface area contributed by atoms with Crippen LogP contribution in [0.15, 0.2) is 77.7 Å². The highest BCUT2D eigenvalue weighted by molar-refractivity contribution is 8.27. The van der Waals surface area contributed by atoms with Gasteiger partial charge in [0.25, 0.3) is 5.91 Å². The molecule has 2 saturated heterocycles. The van der Waals surface area contributed by atoms with Gasteiger partial charge in [0, 0.05) is 32.7 Å². The molecule has 2 fully saturated rings. The Kier molecular flexibility index (Phi) is 9.68. The van der Waals surface area contributed by atoms with Crippen molar-refractivity contribution in [3.8, 4) is 17.2 Å². The molecule has 0 saturated carbocycles. The number of carbonyl (C=O) groups is 1. The molecule has 0 atom stereocenters. The summed E-state index contributed by atoms with van der Waals surface area (Å²) in [5, 5.41) is 0. The van der Waals surface area contributed by atoms with Crippen molar-refractivity contribution in [2.45, 2.75) is 32.6 Å². The second-order valence-corrected chi connectivity index (χ2v) is 13.5. The molecule has 8 heteroatoms. The SMILES string of the molecule is CN1CCN(CCCOc2ccc(N3C(=O)/C(=C/c4ccc(Oc5ccc(C(C)(C)C)cc5)cc4)SC3=S)cc2)CC1. The van der Waals surface area contributed by atoms with Gasteiger partial charge >= 0.3 is 0 Å². The number of amides is 1. The van der Waals surface area contributed by atoms with Crippen LogP contribution in [-0.4, -0.2) is 66.4 Å². The third kappa shape index (κ3) is 7.81. The van der Waals surface area contributed by atoms with Crippen LogP contribution in [0.5, 0.6) is 17.2 Å². The van der Waals surface area contributed by atoms with Gasteiger partial charge < -0.3 is 19.3 Å². The average Bonchev–Trinajstić information content (AvgIpc) is 3.25. The minimum atomic E-state index is -0.120. The molecule has 220 valence electrons. The number of benzene rings is 3. The van der Waals surface area contributed by atoms with Gasteiger partial charge in [-0.2, -0.15) is 0 Å². The molecule has 0 unspecified atom stereocenters. The van der Waals surface area contributed by atoms with Crippen molar-refractivity contribution in [2.75, 3.05) is 51.3 Å². The van der Waals surface area contributed by atoms with E-state index in [4.69, 9.17) is 21.7 Å². The highest BCUT2D eigenvalue weighted by Gasteiger charge is 2.33. The van der Waals surface area contributed by atoms with Crippen LogP contribution >= 0.6 is 24.0 Å². The molecule has 0 aromatic heterocycles. The molecule has 3 aromatic rings. The second kappa shape index (κ2) is 13.4. The number of hydrogen-bond donors (Lipinski definition) is 0. The minimum absolute atomic E-state index is 0.101. The van der Waals surface area contributed by atoms with Gasteiger partial charge in [-0.25, -0.2) is 0 Å². The summed E-state index contributed by atoms with van der Waals surface area (Å²) in [4.78, 5) is 20.3. The molecule has 3 aromatic carbocycles. The first-order valence-corrected chi connectivity index (χ1v) is 15.7. The Bertz CT molecular complexity index is 1410. The fourth-order valence-electron chi connectivity index (χ4n) is 4.87. The molecule has 0 N–H and O–H groups in total. The lowest BCUT2D eigenvalue weighted by molar-refractivity contribution is -0.113. The van der Waals surface area contributed by atoms with E-state index in [1.165, 1.54) is 17.3 Å². The lowest BCUT2D eigenvalue weighted by Gasteiger charge is -2.32. The van der Waals surface area contributed by atoms with Gasteiger partial charge in [-0.1, -0.05) is 69.0 Å². The van der Waals surface area contributed by atoms with Crippen molar-refractivity contribution >= 4 is 46.0 Å². The lowest BCUT2D eigenvalue weighted by atomic mass is 9.87. The van der Waals surface area contributed by atoms with Crippen LogP contribution in [0, 0.1) is 0 Å². The highest BCUT2D eigenvalue weighted by atomic mass is 32.2. The first-order chi connectivity index (χ1) is 20.2. The quantitative estimate of drug-likeness (QED) is 0.146. The van der Waals surface area contributed by atoms with Crippen LogP contribution in [0.1, 0.15) is 38.3 Å². The largest absolute Gasteiger partial charge is 0.494 e. The van der Waals surface area contributed by atoms with Gasteiger partial charge in [0.1, 0.15) is 17.2 Å². The number of thiocarbonyl (C=S) groups is 1. The van der Waals surface area contributed by atoms with Crippen molar-refractivity contribution in [1.29, 1.82) is 0 Å². The lowest BCUT2D eigenvalue weighted by Crippen LogP contribution is -2.44. The number of piperazine rings is 1. The number of hydrogen-bond acceptors (Lipinski definition) is 7. The van der Waals surface area contributed by atoms with E-state index >= 15 is 0 Å². The maximum Gasteiger partial charge on any atom is 0.270 e. The number of likely N-dealkylation sites (N-methyl/N-ethyl adjacent to an activating group) is 1. The maximum atomic E-state index is 13.3. The zero-order valence-electron chi connectivity index (χ0n) is 24.8. The Balaban J connectivity index is 1.14. The van der Waals surface area contributed by atoms with Gasteiger partial charge in [0.2, 0.25) is 0 Å². The first-order valence-electron chi connectivity index (χ1n) is 14.5. The van der Waals surface area contributed by atoms with E-state index < -0.39 is 0 Å². The van der Waals surface area contributed by atoms with E-state index in [1.54, 1.807) is 4.90 Å². The number of carbonyl (C=O) groups excluding carboxylic acids is 1. The number of anilines is 1. The molecule has 2 aliphatic heterocycles.